The van der Waals surface area contributed by atoms with Gasteiger partial charge in [0.1, 0.15) is 12.4 Å². The Morgan fingerprint density at radius 3 is 2.81 bits per heavy atom. The van der Waals surface area contributed by atoms with Gasteiger partial charge in [0.05, 0.1) is 24.4 Å². The van der Waals surface area contributed by atoms with Gasteiger partial charge < -0.3 is 9.47 Å². The quantitative estimate of drug-likeness (QED) is 0.737. The zero-order valence-corrected chi connectivity index (χ0v) is 14.1. The molecule has 0 unspecified atom stereocenters. The van der Waals surface area contributed by atoms with Gasteiger partial charge in [0, 0.05) is 31.9 Å². The summed E-state index contributed by atoms with van der Waals surface area (Å²) in [7, 11) is 0. The van der Waals surface area contributed by atoms with Crippen molar-refractivity contribution in [1.29, 1.82) is 10.5 Å². The van der Waals surface area contributed by atoms with Crippen molar-refractivity contribution in [3.63, 3.8) is 0 Å². The summed E-state index contributed by atoms with van der Waals surface area (Å²) in [5.41, 5.74) is 1.39. The molecule has 2 fully saturated rings. The Hall–Kier alpha value is -3.36. The van der Waals surface area contributed by atoms with Crippen LogP contribution in [0.5, 0.6) is 0 Å². The number of nitrogens with zero attached hydrogens (tertiary/aromatic N) is 7. The molecule has 1 atom stereocenters. The first-order valence-corrected chi connectivity index (χ1v) is 8.44. The van der Waals surface area contributed by atoms with Crippen LogP contribution >= 0.6 is 0 Å². The van der Waals surface area contributed by atoms with E-state index in [1.54, 1.807) is 39.0 Å². The highest BCUT2D eigenvalue weighted by Crippen LogP contribution is 2.22. The molecule has 0 radical (unpaired) electrons. The van der Waals surface area contributed by atoms with Gasteiger partial charge in [-0.05, 0) is 18.2 Å². The Morgan fingerprint density at radius 1 is 1.15 bits per heavy atom. The number of anilines is 1. The van der Waals surface area contributed by atoms with Gasteiger partial charge in [-0.2, -0.15) is 10.5 Å². The molecule has 2 saturated heterocycles. The summed E-state index contributed by atoms with van der Waals surface area (Å²) in [6.07, 6.45) is 5.59. The van der Waals surface area contributed by atoms with E-state index in [0.29, 0.717) is 31.0 Å². The van der Waals surface area contributed by atoms with E-state index in [4.69, 9.17) is 10.5 Å². The number of carbonyl (C=O) groups excluding carboxylic acids is 1. The fourth-order valence-corrected chi connectivity index (χ4v) is 3.49. The molecule has 8 heteroatoms. The van der Waals surface area contributed by atoms with Crippen molar-refractivity contribution in [3.05, 3.63) is 42.4 Å². The highest BCUT2D eigenvalue weighted by molar-refractivity contribution is 5.97. The van der Waals surface area contributed by atoms with Gasteiger partial charge in [0.2, 0.25) is 5.91 Å². The Balaban J connectivity index is 1.57. The molecule has 3 heterocycles. The van der Waals surface area contributed by atoms with Crippen molar-refractivity contribution in [2.75, 3.05) is 37.6 Å². The minimum Gasteiger partial charge on any atom is -0.307 e. The summed E-state index contributed by atoms with van der Waals surface area (Å²) >= 11 is 0. The number of carbonyl (C=O) groups is 1. The van der Waals surface area contributed by atoms with Crippen LogP contribution in [0, 0.1) is 22.8 Å². The van der Waals surface area contributed by atoms with Gasteiger partial charge in [-0.15, -0.1) is 0 Å². The number of fused-ring (bicyclic) bond motifs is 1. The van der Waals surface area contributed by atoms with E-state index >= 15 is 0 Å². The van der Waals surface area contributed by atoms with Gasteiger partial charge in [-0.3, -0.25) is 14.6 Å². The Kier molecular flexibility index (Phi) is 4.04. The van der Waals surface area contributed by atoms with Gasteiger partial charge in [-0.25, -0.2) is 4.98 Å². The molecule has 2 aliphatic rings. The zero-order chi connectivity index (χ0) is 18.1. The van der Waals surface area contributed by atoms with Crippen LogP contribution in [0.15, 0.2) is 36.8 Å². The molecule has 0 spiro atoms. The first-order chi connectivity index (χ1) is 12.7. The van der Waals surface area contributed by atoms with E-state index in [9.17, 15) is 4.79 Å². The van der Waals surface area contributed by atoms with E-state index in [1.165, 1.54) is 0 Å². The predicted molar refractivity (Wildman–Crippen MR) is 93.2 cm³/mol. The minimum atomic E-state index is -0.302. The van der Waals surface area contributed by atoms with E-state index in [-0.39, 0.29) is 11.9 Å². The number of piperazine rings is 2. The third-order valence-electron chi connectivity index (χ3n) is 4.91. The number of amides is 1. The lowest BCUT2D eigenvalue weighted by Crippen LogP contribution is -2.64. The summed E-state index contributed by atoms with van der Waals surface area (Å²) in [6.45, 7) is 3.18. The van der Waals surface area contributed by atoms with Crippen molar-refractivity contribution < 1.29 is 4.79 Å². The number of nitriles is 2. The summed E-state index contributed by atoms with van der Waals surface area (Å²) in [5, 5.41) is 18.2. The average molecular weight is 347 g/mol. The number of aromatic nitrogens is 2. The smallest absolute Gasteiger partial charge is 0.247 e. The van der Waals surface area contributed by atoms with Crippen LogP contribution < -0.4 is 4.90 Å². The normalized spacial score (nSPS) is 20.4. The fourth-order valence-electron chi connectivity index (χ4n) is 3.49. The molecule has 2 aliphatic heterocycles. The largest absolute Gasteiger partial charge is 0.307 e. The van der Waals surface area contributed by atoms with E-state index in [2.05, 4.69) is 22.1 Å². The SMILES string of the molecule is N#Cc1cccc(-n2cnc(N3CCN4CCN(C#N)C[C@@H]4C3=O)c2)c1. The van der Waals surface area contributed by atoms with Crippen LogP contribution in [0.4, 0.5) is 5.82 Å². The second kappa shape index (κ2) is 6.51. The topological polar surface area (TPSA) is 92.2 Å². The van der Waals surface area contributed by atoms with Crippen molar-refractivity contribution >= 4 is 11.7 Å². The van der Waals surface area contributed by atoms with Gasteiger partial charge in [0.15, 0.2) is 12.0 Å². The molecule has 26 heavy (non-hydrogen) atoms. The van der Waals surface area contributed by atoms with Gasteiger partial charge in [-0.1, -0.05) is 6.07 Å². The van der Waals surface area contributed by atoms with E-state index in [0.717, 1.165) is 18.8 Å². The molecule has 1 aromatic heterocycles. The maximum Gasteiger partial charge on any atom is 0.247 e. The molecule has 1 aromatic carbocycles. The van der Waals surface area contributed by atoms with Gasteiger partial charge >= 0.3 is 0 Å². The second-order valence-electron chi connectivity index (χ2n) is 6.39. The molecule has 0 saturated carbocycles. The van der Waals surface area contributed by atoms with Crippen LogP contribution in [0.1, 0.15) is 5.56 Å². The maximum atomic E-state index is 12.9. The van der Waals surface area contributed by atoms with Crippen LogP contribution in [-0.2, 0) is 4.79 Å². The van der Waals surface area contributed by atoms with Crippen molar-refractivity contribution in [2.24, 2.45) is 0 Å². The molecule has 4 rings (SSSR count). The van der Waals surface area contributed by atoms with Crippen molar-refractivity contribution in [3.8, 4) is 17.9 Å². The highest BCUT2D eigenvalue weighted by atomic mass is 16.2. The Labute approximate surface area is 151 Å². The Morgan fingerprint density at radius 2 is 2.00 bits per heavy atom. The summed E-state index contributed by atoms with van der Waals surface area (Å²) in [5.74, 6) is 0.568. The number of rotatable bonds is 2. The van der Waals surface area contributed by atoms with Crippen molar-refractivity contribution in [2.45, 2.75) is 6.04 Å². The lowest BCUT2D eigenvalue weighted by Gasteiger charge is -2.44. The Bertz CT molecular complexity index is 922. The second-order valence-corrected chi connectivity index (χ2v) is 6.39. The summed E-state index contributed by atoms with van der Waals surface area (Å²) in [4.78, 5) is 22.8. The van der Waals surface area contributed by atoms with E-state index in [1.807, 2.05) is 12.1 Å². The molecule has 1 amide bonds. The van der Waals surface area contributed by atoms with Crippen molar-refractivity contribution in [1.82, 2.24) is 19.4 Å². The maximum absolute atomic E-state index is 12.9. The number of hydrogen-bond acceptors (Lipinski definition) is 6. The third kappa shape index (κ3) is 2.77. The molecule has 0 bridgehead atoms. The van der Waals surface area contributed by atoms with Crippen LogP contribution in [0.3, 0.4) is 0 Å². The van der Waals surface area contributed by atoms with E-state index < -0.39 is 0 Å². The summed E-state index contributed by atoms with van der Waals surface area (Å²) < 4.78 is 1.80. The van der Waals surface area contributed by atoms with Crippen LogP contribution in [0.2, 0.25) is 0 Å². The molecule has 0 N–H and O–H groups in total. The molecule has 0 aliphatic carbocycles. The molecular weight excluding hydrogens is 330 g/mol. The molecular formula is C18H17N7O. The van der Waals surface area contributed by atoms with Gasteiger partial charge in [0.25, 0.3) is 0 Å². The number of benzene rings is 1. The summed E-state index contributed by atoms with van der Waals surface area (Å²) in [6, 6.07) is 9.04. The third-order valence-corrected chi connectivity index (χ3v) is 4.91. The minimum absolute atomic E-state index is 0.0211. The van der Waals surface area contributed by atoms with Crippen LogP contribution in [-0.4, -0.2) is 64.0 Å². The lowest BCUT2D eigenvalue weighted by atomic mass is 10.1. The predicted octanol–water partition coefficient (Wildman–Crippen LogP) is 0.558. The zero-order valence-electron chi connectivity index (χ0n) is 14.1. The highest BCUT2D eigenvalue weighted by Gasteiger charge is 2.39. The number of imidazole rings is 1. The average Bonchev–Trinajstić information content (AvgIpc) is 3.18. The first kappa shape index (κ1) is 16.1. The number of hydrogen-bond donors (Lipinski definition) is 0. The molecule has 130 valence electrons. The molecule has 2 aromatic rings. The molecule has 8 nitrogen and oxygen atoms in total. The first-order valence-electron chi connectivity index (χ1n) is 8.44. The lowest BCUT2D eigenvalue weighted by molar-refractivity contribution is -0.127. The standard InChI is InChI=1S/C18H17N7O/c19-9-14-2-1-3-15(8-14)24-11-17(21-13-24)25-7-6-23-5-4-22(12-20)10-16(23)18(25)26/h1-3,8,11,13,16H,4-7,10H2/t16-/m1/s1. The monoisotopic (exact) mass is 347 g/mol. The fraction of sp³-hybridized carbons (Fsp3) is 0.333. The van der Waals surface area contributed by atoms with Crippen LogP contribution in [0.25, 0.3) is 5.69 Å².